The summed E-state index contributed by atoms with van der Waals surface area (Å²) in [6.45, 7) is 3.28. The summed E-state index contributed by atoms with van der Waals surface area (Å²) >= 11 is 0. The Hall–Kier alpha value is -0.0900. The van der Waals surface area contributed by atoms with Crippen LogP contribution in [-0.4, -0.2) is 13.7 Å². The molecular formula is C9H17O3S. The number of rotatable bonds is 3. The average molecular weight is 205 g/mol. The van der Waals surface area contributed by atoms with E-state index in [1.54, 1.807) is 13.8 Å². The highest BCUT2D eigenvalue weighted by atomic mass is 32.2. The quantitative estimate of drug-likeness (QED) is 0.664. The van der Waals surface area contributed by atoms with Crippen LogP contribution in [-0.2, 0) is 14.3 Å². The summed E-state index contributed by atoms with van der Waals surface area (Å²) in [5, 5.41) is -0.443. The Morgan fingerprint density at radius 3 is 2.15 bits per heavy atom. The van der Waals surface area contributed by atoms with Crippen molar-refractivity contribution < 1.29 is 12.6 Å². The van der Waals surface area contributed by atoms with E-state index in [2.05, 4.69) is 0 Å². The van der Waals surface area contributed by atoms with E-state index in [-0.39, 0.29) is 0 Å². The zero-order valence-corrected chi connectivity index (χ0v) is 9.06. The van der Waals surface area contributed by atoms with Crippen LogP contribution in [0.15, 0.2) is 0 Å². The molecule has 0 amide bonds. The van der Waals surface area contributed by atoms with Crippen LogP contribution in [0.25, 0.3) is 0 Å². The van der Waals surface area contributed by atoms with Gasteiger partial charge in [0.1, 0.15) is 6.10 Å². The molecule has 1 saturated carbocycles. The van der Waals surface area contributed by atoms with E-state index in [9.17, 15) is 8.42 Å². The first-order valence-corrected chi connectivity index (χ1v) is 6.27. The lowest BCUT2D eigenvalue weighted by Crippen LogP contribution is -2.21. The van der Waals surface area contributed by atoms with Gasteiger partial charge >= 0.3 is 0 Å². The number of hydrogen-bond acceptors (Lipinski definition) is 3. The fraction of sp³-hybridized carbons (Fsp3) is 0.889. The number of hydrogen-bond donors (Lipinski definition) is 0. The molecule has 77 valence electrons. The molecule has 13 heavy (non-hydrogen) atoms. The fourth-order valence-corrected chi connectivity index (χ4v) is 1.98. The minimum atomic E-state index is -3.33. The van der Waals surface area contributed by atoms with Crippen molar-refractivity contribution in [2.24, 2.45) is 0 Å². The molecule has 1 aliphatic carbocycles. The third kappa shape index (κ3) is 3.27. The smallest absolute Gasteiger partial charge is 0.260 e. The summed E-state index contributed by atoms with van der Waals surface area (Å²) in [5.41, 5.74) is 0. The van der Waals surface area contributed by atoms with Gasteiger partial charge in [-0.15, -0.1) is 0 Å². The second-order valence-corrected chi connectivity index (χ2v) is 5.82. The van der Waals surface area contributed by atoms with E-state index < -0.39 is 15.4 Å². The zero-order chi connectivity index (χ0) is 9.90. The molecule has 1 fully saturated rings. The predicted octanol–water partition coefficient (Wildman–Crippen LogP) is 2.24. The molecule has 0 heterocycles. The second kappa shape index (κ2) is 4.42. The van der Waals surface area contributed by atoms with Gasteiger partial charge in [0.05, 0.1) is 5.25 Å². The Bertz CT molecular complexity index is 238. The van der Waals surface area contributed by atoms with Gasteiger partial charge in [-0.25, -0.2) is 0 Å². The van der Waals surface area contributed by atoms with E-state index in [0.29, 0.717) is 0 Å². The molecule has 0 bridgehead atoms. The molecule has 0 aromatic carbocycles. The van der Waals surface area contributed by atoms with Gasteiger partial charge < -0.3 is 0 Å². The van der Waals surface area contributed by atoms with Crippen molar-refractivity contribution in [3.8, 4) is 0 Å². The van der Waals surface area contributed by atoms with Crippen molar-refractivity contribution >= 4 is 10.1 Å². The predicted molar refractivity (Wildman–Crippen MR) is 51.5 cm³/mol. The van der Waals surface area contributed by atoms with Gasteiger partial charge in [-0.3, -0.25) is 4.18 Å². The SMILES string of the molecule is CC(C)S(=O)(=O)O[C]1CCCCC1. The van der Waals surface area contributed by atoms with Crippen molar-refractivity contribution in [1.82, 2.24) is 0 Å². The summed E-state index contributed by atoms with van der Waals surface area (Å²) in [6.07, 6.45) is 5.68. The normalized spacial score (nSPS) is 20.8. The second-order valence-electron chi connectivity index (χ2n) is 3.72. The minimum Gasteiger partial charge on any atom is -0.260 e. The van der Waals surface area contributed by atoms with Crippen LogP contribution in [0.4, 0.5) is 0 Å². The lowest BCUT2D eigenvalue weighted by atomic mass is 9.98. The lowest BCUT2D eigenvalue weighted by Gasteiger charge is -2.21. The molecule has 0 atom stereocenters. The third-order valence-electron chi connectivity index (χ3n) is 2.22. The molecule has 0 N–H and O–H groups in total. The Morgan fingerprint density at radius 1 is 1.15 bits per heavy atom. The van der Waals surface area contributed by atoms with Crippen molar-refractivity contribution in [3.63, 3.8) is 0 Å². The molecule has 1 aliphatic rings. The molecule has 1 radical (unpaired) electrons. The van der Waals surface area contributed by atoms with Crippen LogP contribution in [0.3, 0.4) is 0 Å². The standard InChI is InChI=1S/C9H17O3S/c1-8(2)13(10,11)12-9-6-4-3-5-7-9/h8H,3-7H2,1-2H3. The maximum Gasteiger partial charge on any atom is 0.270 e. The molecule has 4 heteroatoms. The van der Waals surface area contributed by atoms with Gasteiger partial charge in [-0.2, -0.15) is 8.42 Å². The molecule has 0 aliphatic heterocycles. The maximum absolute atomic E-state index is 11.4. The molecule has 0 saturated heterocycles. The first kappa shape index (κ1) is 11.0. The molecule has 0 spiro atoms. The first-order valence-electron chi connectivity index (χ1n) is 4.80. The van der Waals surface area contributed by atoms with Crippen LogP contribution >= 0.6 is 0 Å². The largest absolute Gasteiger partial charge is 0.270 e. The highest BCUT2D eigenvalue weighted by molar-refractivity contribution is 7.87. The van der Waals surface area contributed by atoms with Gasteiger partial charge in [-0.05, 0) is 26.7 Å². The van der Waals surface area contributed by atoms with Crippen LogP contribution in [0.5, 0.6) is 0 Å². The molecular weight excluding hydrogens is 188 g/mol. The van der Waals surface area contributed by atoms with Crippen molar-refractivity contribution in [2.75, 3.05) is 0 Å². The van der Waals surface area contributed by atoms with Gasteiger partial charge in [0.25, 0.3) is 10.1 Å². The summed E-state index contributed by atoms with van der Waals surface area (Å²) in [7, 11) is -3.33. The first-order chi connectivity index (χ1) is 6.02. The highest BCUT2D eigenvalue weighted by Gasteiger charge is 2.24. The third-order valence-corrected chi connectivity index (χ3v) is 3.85. The summed E-state index contributed by atoms with van der Waals surface area (Å²) in [4.78, 5) is 0. The Balaban J connectivity index is 2.47. The maximum atomic E-state index is 11.4. The van der Waals surface area contributed by atoms with Crippen molar-refractivity contribution in [1.29, 1.82) is 0 Å². The van der Waals surface area contributed by atoms with E-state index in [1.807, 2.05) is 0 Å². The molecule has 0 aromatic rings. The Labute approximate surface area is 80.6 Å². The van der Waals surface area contributed by atoms with Gasteiger partial charge in [0.15, 0.2) is 0 Å². The van der Waals surface area contributed by atoms with Crippen LogP contribution in [0.2, 0.25) is 0 Å². The topological polar surface area (TPSA) is 43.4 Å². The highest BCUT2D eigenvalue weighted by Crippen LogP contribution is 2.28. The van der Waals surface area contributed by atoms with E-state index >= 15 is 0 Å². The Morgan fingerprint density at radius 2 is 1.69 bits per heavy atom. The van der Waals surface area contributed by atoms with E-state index in [0.717, 1.165) is 31.8 Å². The minimum absolute atomic E-state index is 0.443. The fourth-order valence-electron chi connectivity index (χ4n) is 1.29. The molecule has 1 rings (SSSR count). The van der Waals surface area contributed by atoms with Gasteiger partial charge in [-0.1, -0.05) is 19.3 Å². The lowest BCUT2D eigenvalue weighted by molar-refractivity contribution is 0.261. The summed E-state index contributed by atoms with van der Waals surface area (Å²) in [6, 6.07) is 0. The molecule has 0 aromatic heterocycles. The molecule has 3 nitrogen and oxygen atoms in total. The monoisotopic (exact) mass is 205 g/mol. The Kier molecular flexibility index (Phi) is 3.74. The van der Waals surface area contributed by atoms with Crippen LogP contribution in [0.1, 0.15) is 46.0 Å². The van der Waals surface area contributed by atoms with Crippen molar-refractivity contribution in [2.45, 2.75) is 51.2 Å². The van der Waals surface area contributed by atoms with E-state index in [1.165, 1.54) is 6.42 Å². The zero-order valence-electron chi connectivity index (χ0n) is 8.25. The summed E-state index contributed by atoms with van der Waals surface area (Å²) in [5.74, 6) is 0. The van der Waals surface area contributed by atoms with Crippen LogP contribution < -0.4 is 0 Å². The average Bonchev–Trinajstić information content (AvgIpc) is 2.05. The molecule has 0 unspecified atom stereocenters. The van der Waals surface area contributed by atoms with Crippen molar-refractivity contribution in [3.05, 3.63) is 6.10 Å². The summed E-state index contributed by atoms with van der Waals surface area (Å²) < 4.78 is 27.7. The van der Waals surface area contributed by atoms with E-state index in [4.69, 9.17) is 4.18 Å². The van der Waals surface area contributed by atoms with Gasteiger partial charge in [0.2, 0.25) is 0 Å². The van der Waals surface area contributed by atoms with Gasteiger partial charge in [0, 0.05) is 0 Å². The van der Waals surface area contributed by atoms with Crippen LogP contribution in [0, 0.1) is 6.10 Å².